The molecule has 0 bridgehead atoms. The van der Waals surface area contributed by atoms with Crippen LogP contribution in [0.5, 0.6) is 0 Å². The topological polar surface area (TPSA) is 66.5 Å². The predicted molar refractivity (Wildman–Crippen MR) is 97.0 cm³/mol. The van der Waals surface area contributed by atoms with E-state index in [1.165, 1.54) is 28.6 Å². The first kappa shape index (κ1) is 21.3. The van der Waals surface area contributed by atoms with Gasteiger partial charge in [-0.25, -0.2) is 12.8 Å². The summed E-state index contributed by atoms with van der Waals surface area (Å²) in [5.41, 5.74) is -1.47. The van der Waals surface area contributed by atoms with Crippen molar-refractivity contribution in [2.24, 2.45) is 0 Å². The van der Waals surface area contributed by atoms with Gasteiger partial charge in [0, 0.05) is 25.2 Å². The number of sulfonamides is 1. The highest BCUT2D eigenvalue weighted by atomic mass is 32.2. The summed E-state index contributed by atoms with van der Waals surface area (Å²) in [6, 6.07) is 7.52. The maximum atomic E-state index is 13.2. The lowest BCUT2D eigenvalue weighted by Gasteiger charge is -2.16. The van der Waals surface area contributed by atoms with Gasteiger partial charge < -0.3 is 5.32 Å². The standard InChI is InChI=1S/C19H18F4N2O3S/c20-15-7-6-14(17(11-15)19(21,22)23)12-24-18(26)13-4-3-5-16(10-13)29(27,28)25-8-1-2-9-25/h3-7,10-11H,1-2,8-9,12H2,(H,24,26). The van der Waals surface area contributed by atoms with Gasteiger partial charge in [-0.05, 0) is 48.7 Å². The molecule has 0 radical (unpaired) electrons. The largest absolute Gasteiger partial charge is 0.416 e. The zero-order valence-corrected chi connectivity index (χ0v) is 16.0. The second kappa shape index (κ2) is 8.11. The Morgan fingerprint density at radius 1 is 1.07 bits per heavy atom. The summed E-state index contributed by atoms with van der Waals surface area (Å²) in [6.07, 6.45) is -3.25. The summed E-state index contributed by atoms with van der Waals surface area (Å²) >= 11 is 0. The summed E-state index contributed by atoms with van der Waals surface area (Å²) < 4.78 is 78.9. The van der Waals surface area contributed by atoms with Crippen molar-refractivity contribution in [2.75, 3.05) is 13.1 Å². The first-order chi connectivity index (χ1) is 13.6. The van der Waals surface area contributed by atoms with Crippen LogP contribution in [0, 0.1) is 5.82 Å². The van der Waals surface area contributed by atoms with E-state index in [9.17, 15) is 30.8 Å². The number of rotatable bonds is 5. The summed E-state index contributed by atoms with van der Waals surface area (Å²) in [5.74, 6) is -1.77. The third-order valence-electron chi connectivity index (χ3n) is 4.62. The van der Waals surface area contributed by atoms with E-state index in [-0.39, 0.29) is 16.0 Å². The molecule has 1 aliphatic rings. The van der Waals surface area contributed by atoms with Crippen molar-refractivity contribution in [2.45, 2.75) is 30.5 Å². The van der Waals surface area contributed by atoms with Crippen LogP contribution in [-0.4, -0.2) is 31.7 Å². The number of nitrogens with one attached hydrogen (secondary N) is 1. The van der Waals surface area contributed by atoms with E-state index >= 15 is 0 Å². The number of amides is 1. The molecule has 0 spiro atoms. The normalized spacial score (nSPS) is 15.4. The van der Waals surface area contributed by atoms with Crippen LogP contribution in [0.15, 0.2) is 47.4 Å². The highest BCUT2D eigenvalue weighted by Gasteiger charge is 2.34. The molecule has 0 saturated carbocycles. The number of hydrogen-bond acceptors (Lipinski definition) is 3. The van der Waals surface area contributed by atoms with Gasteiger partial charge >= 0.3 is 6.18 Å². The molecular formula is C19H18F4N2O3S. The van der Waals surface area contributed by atoms with Crippen molar-refractivity contribution in [3.05, 3.63) is 65.0 Å². The summed E-state index contributed by atoms with van der Waals surface area (Å²) in [7, 11) is -3.73. The van der Waals surface area contributed by atoms with Crippen LogP contribution in [0.2, 0.25) is 0 Å². The number of benzene rings is 2. The second-order valence-electron chi connectivity index (χ2n) is 6.62. The molecule has 1 heterocycles. The minimum absolute atomic E-state index is 0.000872. The van der Waals surface area contributed by atoms with Crippen LogP contribution in [0.1, 0.15) is 34.3 Å². The highest BCUT2D eigenvalue weighted by Crippen LogP contribution is 2.32. The minimum atomic E-state index is -4.77. The van der Waals surface area contributed by atoms with Gasteiger partial charge in [-0.3, -0.25) is 4.79 Å². The summed E-state index contributed by atoms with van der Waals surface area (Å²) in [5, 5.41) is 2.33. The number of alkyl halides is 3. The van der Waals surface area contributed by atoms with E-state index in [0.29, 0.717) is 19.2 Å². The van der Waals surface area contributed by atoms with E-state index in [4.69, 9.17) is 0 Å². The Morgan fingerprint density at radius 3 is 2.41 bits per heavy atom. The first-order valence-corrected chi connectivity index (χ1v) is 10.3. The average Bonchev–Trinajstić information content (AvgIpc) is 3.22. The average molecular weight is 430 g/mol. The Bertz CT molecular complexity index is 1020. The van der Waals surface area contributed by atoms with E-state index in [0.717, 1.165) is 25.0 Å². The molecule has 1 aliphatic heterocycles. The molecule has 2 aromatic rings. The van der Waals surface area contributed by atoms with Gasteiger partial charge in [-0.1, -0.05) is 12.1 Å². The molecule has 3 rings (SSSR count). The number of halogens is 4. The van der Waals surface area contributed by atoms with Crippen molar-refractivity contribution in [1.82, 2.24) is 9.62 Å². The molecule has 29 heavy (non-hydrogen) atoms. The Hall–Kier alpha value is -2.46. The number of carbonyl (C=O) groups excluding carboxylic acids is 1. The van der Waals surface area contributed by atoms with Crippen molar-refractivity contribution >= 4 is 15.9 Å². The predicted octanol–water partition coefficient (Wildman–Crippen LogP) is 3.56. The van der Waals surface area contributed by atoms with Gasteiger partial charge in [0.15, 0.2) is 0 Å². The van der Waals surface area contributed by atoms with Gasteiger partial charge in [-0.2, -0.15) is 17.5 Å². The van der Waals surface area contributed by atoms with E-state index < -0.39 is 40.0 Å². The van der Waals surface area contributed by atoms with E-state index in [2.05, 4.69) is 5.32 Å². The fraction of sp³-hybridized carbons (Fsp3) is 0.316. The lowest BCUT2D eigenvalue weighted by Crippen LogP contribution is -2.28. The maximum Gasteiger partial charge on any atom is 0.416 e. The SMILES string of the molecule is O=C(NCc1ccc(F)cc1C(F)(F)F)c1cccc(S(=O)(=O)N2CCCC2)c1. The lowest BCUT2D eigenvalue weighted by molar-refractivity contribution is -0.138. The van der Waals surface area contributed by atoms with Crippen LogP contribution in [0.4, 0.5) is 17.6 Å². The van der Waals surface area contributed by atoms with Gasteiger partial charge in [0.2, 0.25) is 10.0 Å². The zero-order chi connectivity index (χ0) is 21.2. The van der Waals surface area contributed by atoms with Crippen molar-refractivity contribution in [3.8, 4) is 0 Å². The minimum Gasteiger partial charge on any atom is -0.348 e. The summed E-state index contributed by atoms with van der Waals surface area (Å²) in [6.45, 7) is 0.324. The Morgan fingerprint density at radius 2 is 1.76 bits per heavy atom. The molecule has 0 unspecified atom stereocenters. The Kier molecular flexibility index (Phi) is 5.95. The number of carbonyl (C=O) groups is 1. The number of hydrogen-bond donors (Lipinski definition) is 1. The third-order valence-corrected chi connectivity index (χ3v) is 6.51. The van der Waals surface area contributed by atoms with E-state index in [1.54, 1.807) is 0 Å². The van der Waals surface area contributed by atoms with Crippen LogP contribution in [0.25, 0.3) is 0 Å². The van der Waals surface area contributed by atoms with Crippen LogP contribution < -0.4 is 5.32 Å². The molecule has 1 saturated heterocycles. The second-order valence-corrected chi connectivity index (χ2v) is 8.56. The van der Waals surface area contributed by atoms with Gasteiger partial charge in [0.25, 0.3) is 5.91 Å². The van der Waals surface area contributed by atoms with Gasteiger partial charge in [0.05, 0.1) is 10.5 Å². The Balaban J connectivity index is 1.78. The van der Waals surface area contributed by atoms with Crippen LogP contribution in [0.3, 0.4) is 0 Å². The first-order valence-electron chi connectivity index (χ1n) is 8.83. The lowest BCUT2D eigenvalue weighted by atomic mass is 10.1. The molecule has 0 aliphatic carbocycles. The van der Waals surface area contributed by atoms with Gasteiger partial charge in [0.1, 0.15) is 5.82 Å². The fourth-order valence-corrected chi connectivity index (χ4v) is 4.68. The van der Waals surface area contributed by atoms with Crippen molar-refractivity contribution < 1.29 is 30.8 Å². The quantitative estimate of drug-likeness (QED) is 0.738. The van der Waals surface area contributed by atoms with Gasteiger partial charge in [-0.15, -0.1) is 0 Å². The summed E-state index contributed by atoms with van der Waals surface area (Å²) in [4.78, 5) is 12.3. The van der Waals surface area contributed by atoms with Crippen molar-refractivity contribution in [1.29, 1.82) is 0 Å². The molecule has 10 heteroatoms. The maximum absolute atomic E-state index is 13.2. The molecule has 156 valence electrons. The van der Waals surface area contributed by atoms with Crippen LogP contribution in [-0.2, 0) is 22.7 Å². The molecule has 1 amide bonds. The molecule has 0 atom stereocenters. The van der Waals surface area contributed by atoms with Crippen LogP contribution >= 0.6 is 0 Å². The molecule has 0 aromatic heterocycles. The molecule has 1 fully saturated rings. The molecule has 5 nitrogen and oxygen atoms in total. The highest BCUT2D eigenvalue weighted by molar-refractivity contribution is 7.89. The Labute approximate surface area is 165 Å². The molecule has 2 aromatic carbocycles. The smallest absolute Gasteiger partial charge is 0.348 e. The zero-order valence-electron chi connectivity index (χ0n) is 15.2. The molecular weight excluding hydrogens is 412 g/mol. The fourth-order valence-electron chi connectivity index (χ4n) is 3.12. The third kappa shape index (κ3) is 4.76. The monoisotopic (exact) mass is 430 g/mol. The molecule has 1 N–H and O–H groups in total. The van der Waals surface area contributed by atoms with E-state index in [1.807, 2.05) is 0 Å². The van der Waals surface area contributed by atoms with Crippen molar-refractivity contribution in [3.63, 3.8) is 0 Å². The number of nitrogens with zero attached hydrogens (tertiary/aromatic N) is 1.